The summed E-state index contributed by atoms with van der Waals surface area (Å²) in [4.78, 5) is 25.4. The Bertz CT molecular complexity index is 1310. The van der Waals surface area contributed by atoms with Gasteiger partial charge in [0.1, 0.15) is 18.1 Å². The van der Waals surface area contributed by atoms with Crippen molar-refractivity contribution in [1.82, 2.24) is 5.32 Å². The number of carbonyl (C=O) groups excluding carboxylic acids is 2. The maximum absolute atomic E-state index is 13.5. The summed E-state index contributed by atoms with van der Waals surface area (Å²) in [7, 11) is -2.74. The van der Waals surface area contributed by atoms with E-state index in [1.807, 2.05) is 6.92 Å². The maximum Gasteiger partial charge on any atom is 0.264 e. The van der Waals surface area contributed by atoms with Crippen molar-refractivity contribution in [2.24, 2.45) is 0 Å². The highest BCUT2D eigenvalue weighted by molar-refractivity contribution is 7.92. The molecule has 37 heavy (non-hydrogen) atoms. The van der Waals surface area contributed by atoms with Crippen LogP contribution in [0.4, 0.5) is 15.8 Å². The van der Waals surface area contributed by atoms with E-state index >= 15 is 0 Å². The lowest BCUT2D eigenvalue weighted by molar-refractivity contribution is -0.114. The number of methoxy groups -OCH3 is 1. The summed E-state index contributed by atoms with van der Waals surface area (Å²) in [5.41, 5.74) is 0.628. The van der Waals surface area contributed by atoms with Gasteiger partial charge >= 0.3 is 0 Å². The van der Waals surface area contributed by atoms with Crippen LogP contribution in [0.3, 0.4) is 0 Å². The van der Waals surface area contributed by atoms with Crippen LogP contribution in [-0.2, 0) is 19.6 Å². The number of amides is 2. The Balaban J connectivity index is 1.89. The largest absolute Gasteiger partial charge is 0.494 e. The van der Waals surface area contributed by atoms with Crippen molar-refractivity contribution in [3.05, 3.63) is 84.2 Å². The van der Waals surface area contributed by atoms with Gasteiger partial charge in [-0.25, -0.2) is 12.8 Å². The molecule has 2 N–H and O–H groups in total. The lowest BCUT2D eigenvalue weighted by atomic mass is 10.1. The molecule has 0 radical (unpaired) electrons. The van der Waals surface area contributed by atoms with Gasteiger partial charge in [-0.3, -0.25) is 13.9 Å². The summed E-state index contributed by atoms with van der Waals surface area (Å²) in [5, 5.41) is 5.31. The minimum Gasteiger partial charge on any atom is -0.494 e. The van der Waals surface area contributed by atoms with E-state index in [2.05, 4.69) is 10.6 Å². The number of sulfonamides is 1. The van der Waals surface area contributed by atoms with E-state index in [0.717, 1.165) is 28.6 Å². The summed E-state index contributed by atoms with van der Waals surface area (Å²) in [6.07, 6.45) is 0. The fourth-order valence-corrected chi connectivity index (χ4v) is 4.82. The van der Waals surface area contributed by atoms with Gasteiger partial charge in [0.2, 0.25) is 5.91 Å². The number of hydrogen-bond donors (Lipinski definition) is 2. The number of nitrogens with zero attached hydrogens (tertiary/aromatic N) is 1. The van der Waals surface area contributed by atoms with Gasteiger partial charge in [-0.05, 0) is 67.6 Å². The minimum atomic E-state index is -4.25. The standard InChI is InChI=1S/C26H28FN3O6S/c1-3-36-21-12-10-20(11-13-21)30(37(33,34)22-14-8-19(27)9-15-22)18-25(31)29-24-7-5-4-6-23(24)26(32)28-16-17-35-2/h4-15H,3,16-18H2,1-2H3,(H,28,32)(H,29,31). The molecule has 0 saturated carbocycles. The highest BCUT2D eigenvalue weighted by Crippen LogP contribution is 2.26. The minimum absolute atomic E-state index is 0.187. The zero-order chi connectivity index (χ0) is 26.8. The summed E-state index contributed by atoms with van der Waals surface area (Å²) in [6, 6.07) is 16.9. The summed E-state index contributed by atoms with van der Waals surface area (Å²) in [6.45, 7) is 2.24. The fourth-order valence-electron chi connectivity index (χ4n) is 3.40. The monoisotopic (exact) mass is 529 g/mol. The summed E-state index contributed by atoms with van der Waals surface area (Å²) >= 11 is 0. The van der Waals surface area contributed by atoms with E-state index in [-0.39, 0.29) is 28.4 Å². The Morgan fingerprint density at radius 1 is 0.973 bits per heavy atom. The van der Waals surface area contributed by atoms with Crippen LogP contribution in [0.1, 0.15) is 17.3 Å². The number of hydrogen-bond acceptors (Lipinski definition) is 6. The Labute approximate surface area is 215 Å². The molecule has 3 rings (SSSR count). The first-order chi connectivity index (χ1) is 17.8. The number of benzene rings is 3. The van der Waals surface area contributed by atoms with Gasteiger partial charge in [-0.1, -0.05) is 12.1 Å². The Morgan fingerprint density at radius 2 is 1.65 bits per heavy atom. The number of nitrogens with one attached hydrogen (secondary N) is 2. The Morgan fingerprint density at radius 3 is 2.30 bits per heavy atom. The van der Waals surface area contributed by atoms with Crippen LogP contribution < -0.4 is 19.7 Å². The normalized spacial score (nSPS) is 11.0. The number of halogens is 1. The van der Waals surface area contributed by atoms with E-state index < -0.39 is 34.2 Å². The lowest BCUT2D eigenvalue weighted by Crippen LogP contribution is -2.38. The Kier molecular flexibility index (Phi) is 9.58. The number of anilines is 2. The topological polar surface area (TPSA) is 114 Å². The highest BCUT2D eigenvalue weighted by Gasteiger charge is 2.28. The van der Waals surface area contributed by atoms with E-state index in [1.165, 1.54) is 25.3 Å². The molecule has 0 saturated heterocycles. The molecule has 0 fully saturated rings. The third-order valence-electron chi connectivity index (χ3n) is 5.16. The predicted octanol–water partition coefficient (Wildman–Crippen LogP) is 3.43. The van der Waals surface area contributed by atoms with E-state index in [9.17, 15) is 22.4 Å². The van der Waals surface area contributed by atoms with Gasteiger partial charge in [-0.15, -0.1) is 0 Å². The van der Waals surface area contributed by atoms with Crippen molar-refractivity contribution in [2.45, 2.75) is 11.8 Å². The van der Waals surface area contributed by atoms with Crippen molar-refractivity contribution in [1.29, 1.82) is 0 Å². The molecule has 0 unspecified atom stereocenters. The van der Waals surface area contributed by atoms with Crippen molar-refractivity contribution in [3.63, 3.8) is 0 Å². The second-order valence-electron chi connectivity index (χ2n) is 7.73. The van der Waals surface area contributed by atoms with Crippen LogP contribution in [0.2, 0.25) is 0 Å². The number of ether oxygens (including phenoxy) is 2. The molecule has 0 spiro atoms. The molecular weight excluding hydrogens is 501 g/mol. The summed E-state index contributed by atoms with van der Waals surface area (Å²) in [5.74, 6) is -1.17. The SMILES string of the molecule is CCOc1ccc(N(CC(=O)Nc2ccccc2C(=O)NCCOC)S(=O)(=O)c2ccc(F)cc2)cc1. The first-order valence-electron chi connectivity index (χ1n) is 11.4. The molecule has 0 bridgehead atoms. The fraction of sp³-hybridized carbons (Fsp3) is 0.231. The highest BCUT2D eigenvalue weighted by atomic mass is 32.2. The van der Waals surface area contributed by atoms with Crippen molar-refractivity contribution < 1.29 is 31.9 Å². The first-order valence-corrected chi connectivity index (χ1v) is 12.9. The van der Waals surface area contributed by atoms with Crippen LogP contribution >= 0.6 is 0 Å². The van der Waals surface area contributed by atoms with Crippen LogP contribution in [0, 0.1) is 5.82 Å². The number of para-hydroxylation sites is 1. The smallest absolute Gasteiger partial charge is 0.264 e. The number of carbonyl (C=O) groups is 2. The summed E-state index contributed by atoms with van der Waals surface area (Å²) < 4.78 is 51.7. The van der Waals surface area contributed by atoms with Crippen molar-refractivity contribution >= 4 is 33.2 Å². The molecule has 2 amide bonds. The maximum atomic E-state index is 13.5. The molecule has 11 heteroatoms. The molecule has 196 valence electrons. The van der Waals surface area contributed by atoms with Crippen LogP contribution in [-0.4, -0.2) is 53.6 Å². The van der Waals surface area contributed by atoms with Gasteiger partial charge < -0.3 is 20.1 Å². The van der Waals surface area contributed by atoms with Gasteiger partial charge in [0.05, 0.1) is 35.0 Å². The van der Waals surface area contributed by atoms with E-state index in [0.29, 0.717) is 19.0 Å². The van der Waals surface area contributed by atoms with Crippen molar-refractivity contribution in [3.8, 4) is 5.75 Å². The predicted molar refractivity (Wildman–Crippen MR) is 138 cm³/mol. The van der Waals surface area contributed by atoms with Crippen LogP contribution in [0.5, 0.6) is 5.75 Å². The third kappa shape index (κ3) is 7.28. The van der Waals surface area contributed by atoms with Gasteiger partial charge in [0.25, 0.3) is 15.9 Å². The van der Waals surface area contributed by atoms with Crippen LogP contribution in [0.25, 0.3) is 0 Å². The molecule has 0 aliphatic heterocycles. The van der Waals surface area contributed by atoms with E-state index in [4.69, 9.17) is 9.47 Å². The molecule has 0 aliphatic rings. The average Bonchev–Trinajstić information content (AvgIpc) is 2.88. The average molecular weight is 530 g/mol. The molecule has 0 atom stereocenters. The van der Waals surface area contributed by atoms with Gasteiger partial charge in [0, 0.05) is 13.7 Å². The molecule has 0 heterocycles. The van der Waals surface area contributed by atoms with Crippen molar-refractivity contribution in [2.75, 3.05) is 43.0 Å². The zero-order valence-electron chi connectivity index (χ0n) is 20.4. The second kappa shape index (κ2) is 12.8. The molecule has 0 aliphatic carbocycles. The zero-order valence-corrected chi connectivity index (χ0v) is 21.3. The number of rotatable bonds is 12. The van der Waals surface area contributed by atoms with E-state index in [1.54, 1.807) is 30.3 Å². The molecule has 3 aromatic rings. The second-order valence-corrected chi connectivity index (χ2v) is 9.60. The molecule has 9 nitrogen and oxygen atoms in total. The molecule has 0 aromatic heterocycles. The van der Waals surface area contributed by atoms with Crippen LogP contribution in [0.15, 0.2) is 77.7 Å². The van der Waals surface area contributed by atoms with Gasteiger partial charge in [0.15, 0.2) is 0 Å². The lowest BCUT2D eigenvalue weighted by Gasteiger charge is -2.24. The third-order valence-corrected chi connectivity index (χ3v) is 6.95. The quantitative estimate of drug-likeness (QED) is 0.348. The molecule has 3 aromatic carbocycles. The van der Waals surface area contributed by atoms with Gasteiger partial charge in [-0.2, -0.15) is 0 Å². The first kappa shape index (κ1) is 27.6. The molecular formula is C26H28FN3O6S. The Hall–Kier alpha value is -3.96.